The standard InChI is InChI=1S/C15H17N3O5/c1-17(9-12-4-3-7-23-12)10-15(19)16-13-6-5-11(22-2)8-14(13)18(20)21/h3-8H,9-10H2,1-2H3,(H,16,19)/p+1. The number of likely N-dealkylation sites (N-methyl/N-ethyl adjacent to an activating group) is 1. The molecule has 0 aliphatic carbocycles. The highest BCUT2D eigenvalue weighted by Gasteiger charge is 2.19. The number of benzene rings is 1. The van der Waals surface area contributed by atoms with Gasteiger partial charge < -0.3 is 19.4 Å². The average Bonchev–Trinajstić information content (AvgIpc) is 2.99. The van der Waals surface area contributed by atoms with E-state index in [0.29, 0.717) is 12.3 Å². The predicted octanol–water partition coefficient (Wildman–Crippen LogP) is 0.850. The van der Waals surface area contributed by atoms with Gasteiger partial charge in [0.1, 0.15) is 18.0 Å². The fourth-order valence-corrected chi connectivity index (χ4v) is 2.14. The summed E-state index contributed by atoms with van der Waals surface area (Å²) < 4.78 is 10.2. The van der Waals surface area contributed by atoms with E-state index in [0.717, 1.165) is 10.7 Å². The summed E-state index contributed by atoms with van der Waals surface area (Å²) in [6.07, 6.45) is 1.57. The third-order valence-electron chi connectivity index (χ3n) is 3.19. The van der Waals surface area contributed by atoms with Crippen molar-refractivity contribution in [3.63, 3.8) is 0 Å². The molecule has 2 aromatic rings. The van der Waals surface area contributed by atoms with Crippen LogP contribution in [0.5, 0.6) is 5.75 Å². The van der Waals surface area contributed by atoms with E-state index < -0.39 is 4.92 Å². The van der Waals surface area contributed by atoms with Crippen LogP contribution in [0, 0.1) is 10.1 Å². The van der Waals surface area contributed by atoms with E-state index in [2.05, 4.69) is 5.32 Å². The highest BCUT2D eigenvalue weighted by atomic mass is 16.6. The number of ether oxygens (including phenoxy) is 1. The van der Waals surface area contributed by atoms with Gasteiger partial charge in [-0.2, -0.15) is 0 Å². The van der Waals surface area contributed by atoms with Crippen LogP contribution in [-0.4, -0.2) is 31.5 Å². The number of carbonyl (C=O) groups excluding carboxylic acids is 1. The van der Waals surface area contributed by atoms with Crippen molar-refractivity contribution in [1.82, 2.24) is 0 Å². The van der Waals surface area contributed by atoms with Crippen molar-refractivity contribution >= 4 is 17.3 Å². The maximum atomic E-state index is 12.1. The van der Waals surface area contributed by atoms with Gasteiger partial charge in [-0.1, -0.05) is 0 Å². The molecule has 2 rings (SSSR count). The number of hydrogen-bond acceptors (Lipinski definition) is 5. The molecule has 23 heavy (non-hydrogen) atoms. The molecule has 2 N–H and O–H groups in total. The zero-order chi connectivity index (χ0) is 16.8. The van der Waals surface area contributed by atoms with Crippen molar-refractivity contribution < 1.29 is 23.8 Å². The third-order valence-corrected chi connectivity index (χ3v) is 3.19. The van der Waals surface area contributed by atoms with Gasteiger partial charge in [-0.05, 0) is 24.3 Å². The number of nitro benzene ring substituents is 1. The van der Waals surface area contributed by atoms with Crippen molar-refractivity contribution in [2.45, 2.75) is 6.54 Å². The second kappa shape index (κ2) is 7.41. The Kier molecular flexibility index (Phi) is 5.32. The molecule has 8 heteroatoms. The van der Waals surface area contributed by atoms with Gasteiger partial charge in [0.2, 0.25) is 0 Å². The molecule has 0 aliphatic rings. The number of methoxy groups -OCH3 is 1. The summed E-state index contributed by atoms with van der Waals surface area (Å²) in [4.78, 5) is 23.5. The summed E-state index contributed by atoms with van der Waals surface area (Å²) in [5.41, 5.74) is -0.0620. The summed E-state index contributed by atoms with van der Waals surface area (Å²) in [7, 11) is 3.26. The van der Waals surface area contributed by atoms with Crippen molar-refractivity contribution in [3.8, 4) is 5.75 Å². The van der Waals surface area contributed by atoms with Gasteiger partial charge in [-0.3, -0.25) is 14.9 Å². The molecular formula is C15H18N3O5+. The van der Waals surface area contributed by atoms with Crippen molar-refractivity contribution in [3.05, 3.63) is 52.5 Å². The maximum absolute atomic E-state index is 12.1. The monoisotopic (exact) mass is 320 g/mol. The van der Waals surface area contributed by atoms with Gasteiger partial charge in [0.15, 0.2) is 12.3 Å². The summed E-state index contributed by atoms with van der Waals surface area (Å²) in [6.45, 7) is 0.703. The second-order valence-electron chi connectivity index (χ2n) is 5.08. The summed E-state index contributed by atoms with van der Waals surface area (Å²) in [5.74, 6) is 0.809. The zero-order valence-corrected chi connectivity index (χ0v) is 12.9. The van der Waals surface area contributed by atoms with E-state index in [1.54, 1.807) is 18.4 Å². The first kappa shape index (κ1) is 16.5. The number of quaternary nitrogens is 1. The molecule has 0 radical (unpaired) electrons. The smallest absolute Gasteiger partial charge is 0.296 e. The van der Waals surface area contributed by atoms with Crippen LogP contribution < -0.4 is 15.0 Å². The Morgan fingerprint density at radius 2 is 2.22 bits per heavy atom. The number of nitrogens with one attached hydrogen (secondary N) is 2. The van der Waals surface area contributed by atoms with Gasteiger partial charge in [0.05, 0.1) is 31.4 Å². The van der Waals surface area contributed by atoms with Crippen LogP contribution in [-0.2, 0) is 11.3 Å². The van der Waals surface area contributed by atoms with Crippen molar-refractivity contribution in [2.24, 2.45) is 0 Å². The van der Waals surface area contributed by atoms with Gasteiger partial charge in [-0.15, -0.1) is 0 Å². The Morgan fingerprint density at radius 1 is 1.43 bits per heavy atom. The second-order valence-corrected chi connectivity index (χ2v) is 5.08. The molecule has 1 unspecified atom stereocenters. The summed E-state index contributed by atoms with van der Waals surface area (Å²) in [5, 5.41) is 13.7. The maximum Gasteiger partial charge on any atom is 0.296 e. The number of amides is 1. The molecule has 0 spiro atoms. The molecule has 0 aliphatic heterocycles. The van der Waals surface area contributed by atoms with Gasteiger partial charge in [0.25, 0.3) is 11.6 Å². The first-order chi connectivity index (χ1) is 11.0. The molecule has 1 heterocycles. The number of rotatable bonds is 7. The number of hydrogen-bond donors (Lipinski definition) is 2. The molecule has 0 saturated heterocycles. The molecule has 8 nitrogen and oxygen atoms in total. The van der Waals surface area contributed by atoms with Gasteiger partial charge in [-0.25, -0.2) is 0 Å². The van der Waals surface area contributed by atoms with Crippen LogP contribution in [0.3, 0.4) is 0 Å². The fraction of sp³-hybridized carbons (Fsp3) is 0.267. The van der Waals surface area contributed by atoms with Crippen LogP contribution in [0.2, 0.25) is 0 Å². The molecule has 1 aromatic heterocycles. The third kappa shape index (κ3) is 4.55. The van der Waals surface area contributed by atoms with Crippen LogP contribution in [0.25, 0.3) is 0 Å². The SMILES string of the molecule is COc1ccc(NC(=O)C[NH+](C)Cc2ccco2)c([N+](=O)[O-])c1. The quantitative estimate of drug-likeness (QED) is 0.582. The van der Waals surface area contributed by atoms with Crippen LogP contribution in [0.1, 0.15) is 5.76 Å². The van der Waals surface area contributed by atoms with E-state index in [-0.39, 0.29) is 23.8 Å². The Labute approximate surface area is 132 Å². The number of furan rings is 1. The number of carbonyl (C=O) groups is 1. The van der Waals surface area contributed by atoms with Crippen molar-refractivity contribution in [1.29, 1.82) is 0 Å². The Bertz CT molecular complexity index is 684. The van der Waals surface area contributed by atoms with E-state index in [1.807, 2.05) is 13.1 Å². The zero-order valence-electron chi connectivity index (χ0n) is 12.9. The molecule has 122 valence electrons. The van der Waals surface area contributed by atoms with Crippen molar-refractivity contribution in [2.75, 3.05) is 26.0 Å². The van der Waals surface area contributed by atoms with Crippen LogP contribution in [0.15, 0.2) is 41.0 Å². The largest absolute Gasteiger partial charge is 0.496 e. The summed E-state index contributed by atoms with van der Waals surface area (Å²) in [6, 6.07) is 7.90. The number of nitro groups is 1. The van der Waals surface area contributed by atoms with Crippen LogP contribution >= 0.6 is 0 Å². The van der Waals surface area contributed by atoms with Gasteiger partial charge in [0, 0.05) is 0 Å². The topological polar surface area (TPSA) is 99.0 Å². The predicted molar refractivity (Wildman–Crippen MR) is 82.4 cm³/mol. The van der Waals surface area contributed by atoms with E-state index >= 15 is 0 Å². The minimum absolute atomic E-state index is 0.145. The first-order valence-corrected chi connectivity index (χ1v) is 6.95. The molecule has 0 fully saturated rings. The lowest BCUT2D eigenvalue weighted by Crippen LogP contribution is -3.08. The van der Waals surface area contributed by atoms with Crippen LogP contribution in [0.4, 0.5) is 11.4 Å². The Hall–Kier alpha value is -2.87. The number of nitrogens with zero attached hydrogens (tertiary/aromatic N) is 1. The fourth-order valence-electron chi connectivity index (χ4n) is 2.14. The lowest BCUT2D eigenvalue weighted by Gasteiger charge is -2.12. The highest BCUT2D eigenvalue weighted by molar-refractivity contribution is 5.93. The van der Waals surface area contributed by atoms with E-state index in [4.69, 9.17) is 9.15 Å². The van der Waals surface area contributed by atoms with Gasteiger partial charge >= 0.3 is 0 Å². The molecule has 1 atom stereocenters. The molecule has 0 saturated carbocycles. The molecule has 0 bridgehead atoms. The molecule has 1 amide bonds. The molecule has 1 aromatic carbocycles. The highest BCUT2D eigenvalue weighted by Crippen LogP contribution is 2.28. The molecular weight excluding hydrogens is 302 g/mol. The Balaban J connectivity index is 2.00. The van der Waals surface area contributed by atoms with E-state index in [9.17, 15) is 14.9 Å². The Morgan fingerprint density at radius 3 is 2.83 bits per heavy atom. The minimum atomic E-state index is -0.558. The lowest BCUT2D eigenvalue weighted by atomic mass is 10.2. The summed E-state index contributed by atoms with van der Waals surface area (Å²) >= 11 is 0. The number of anilines is 1. The minimum Gasteiger partial charge on any atom is -0.496 e. The normalized spacial score (nSPS) is 11.7. The average molecular weight is 320 g/mol. The van der Waals surface area contributed by atoms with E-state index in [1.165, 1.54) is 19.2 Å². The first-order valence-electron chi connectivity index (χ1n) is 6.95. The lowest BCUT2D eigenvalue weighted by molar-refractivity contribution is -0.886.